The monoisotopic (exact) mass is 439 g/mol. The molecule has 4 atom stereocenters. The molecule has 2 aromatic rings. The molecule has 0 aliphatic carbocycles. The maximum atomic E-state index is 6.45. The van der Waals surface area contributed by atoms with Crippen molar-refractivity contribution >= 4 is 31.0 Å². The van der Waals surface area contributed by atoms with Crippen molar-refractivity contribution in [3.8, 4) is 0 Å². The zero-order chi connectivity index (χ0) is 21.2. The molecule has 0 aromatic carbocycles. The molecule has 4 unspecified atom stereocenters. The van der Waals surface area contributed by atoms with Crippen molar-refractivity contribution < 1.29 is 18.6 Å². The highest BCUT2D eigenvalue weighted by atomic mass is 35.5. The molecule has 0 spiro atoms. The van der Waals surface area contributed by atoms with Crippen LogP contribution in [0.2, 0.25) is 23.3 Å². The highest BCUT2D eigenvalue weighted by Crippen LogP contribution is 2.45. The third-order valence-electron chi connectivity index (χ3n) is 6.27. The Morgan fingerprint density at radius 1 is 1.21 bits per heavy atom. The van der Waals surface area contributed by atoms with Crippen LogP contribution in [0.1, 0.15) is 40.8 Å². The number of ether oxygens (including phenoxy) is 3. The second-order valence-corrected chi connectivity index (χ2v) is 15.0. The third-order valence-corrected chi connectivity index (χ3v) is 11.1. The molecule has 4 rings (SSSR count). The van der Waals surface area contributed by atoms with Crippen LogP contribution in [0, 0.1) is 0 Å². The summed E-state index contributed by atoms with van der Waals surface area (Å²) in [5.74, 6) is -0.678. The van der Waals surface area contributed by atoms with Gasteiger partial charge in [0.25, 0.3) is 0 Å². The molecule has 0 N–H and O–H groups in total. The maximum Gasteiger partial charge on any atom is 0.192 e. The molecular weight excluding hydrogens is 410 g/mol. The number of fused-ring (bicyclic) bond motifs is 2. The number of aromatic nitrogens is 3. The van der Waals surface area contributed by atoms with Crippen molar-refractivity contribution in [1.29, 1.82) is 0 Å². The van der Waals surface area contributed by atoms with Crippen molar-refractivity contribution in [2.75, 3.05) is 6.61 Å². The van der Waals surface area contributed by atoms with Crippen molar-refractivity contribution in [3.63, 3.8) is 0 Å². The normalized spacial score (nSPS) is 29.5. The van der Waals surface area contributed by atoms with Crippen LogP contribution in [0.3, 0.4) is 0 Å². The topological polar surface area (TPSA) is 67.6 Å². The Kier molecular flexibility index (Phi) is 5.12. The van der Waals surface area contributed by atoms with Crippen LogP contribution in [0.4, 0.5) is 0 Å². The maximum absolute atomic E-state index is 6.45. The van der Waals surface area contributed by atoms with Gasteiger partial charge in [-0.05, 0) is 38.0 Å². The Balaban J connectivity index is 1.62. The molecule has 4 heterocycles. The summed E-state index contributed by atoms with van der Waals surface area (Å²) < 4.78 is 27.3. The Bertz CT molecular complexity index is 911. The van der Waals surface area contributed by atoms with Crippen molar-refractivity contribution in [2.24, 2.45) is 0 Å². The van der Waals surface area contributed by atoms with Crippen LogP contribution in [-0.2, 0) is 18.6 Å². The summed E-state index contributed by atoms with van der Waals surface area (Å²) in [6.45, 7) is 15.5. The second-order valence-electron chi connectivity index (χ2n) is 9.83. The Morgan fingerprint density at radius 2 is 1.90 bits per heavy atom. The predicted octanol–water partition coefficient (Wildman–Crippen LogP) is 4.52. The molecule has 160 valence electrons. The number of rotatable bonds is 4. The van der Waals surface area contributed by atoms with Gasteiger partial charge in [0.05, 0.1) is 12.0 Å². The van der Waals surface area contributed by atoms with E-state index in [1.807, 2.05) is 30.7 Å². The van der Waals surface area contributed by atoms with E-state index in [0.29, 0.717) is 17.4 Å². The molecule has 2 aromatic heterocycles. The quantitative estimate of drug-likeness (QED) is 0.515. The van der Waals surface area contributed by atoms with Gasteiger partial charge in [-0.2, -0.15) is 0 Å². The molecule has 2 fully saturated rings. The highest BCUT2D eigenvalue weighted by Gasteiger charge is 2.56. The lowest BCUT2D eigenvalue weighted by molar-refractivity contribution is -0.199. The fourth-order valence-electron chi connectivity index (χ4n) is 3.67. The number of halogens is 1. The summed E-state index contributed by atoms with van der Waals surface area (Å²) in [4.78, 5) is 8.47. The minimum Gasteiger partial charge on any atom is -0.414 e. The zero-order valence-electron chi connectivity index (χ0n) is 18.1. The molecule has 29 heavy (non-hydrogen) atoms. The summed E-state index contributed by atoms with van der Waals surface area (Å²) in [5, 5.41) is 1.33. The predicted molar refractivity (Wildman–Crippen MR) is 113 cm³/mol. The summed E-state index contributed by atoms with van der Waals surface area (Å²) in [7, 11) is -1.91. The smallest absolute Gasteiger partial charge is 0.192 e. The fraction of sp³-hybridized carbons (Fsp3) is 0.700. The SMILES string of the molecule is CC1(C)OC2C(CO[Si](C)(C)C(C)(C)C)OC(n3ccc4c(Cl)ncnc43)C2O1. The van der Waals surface area contributed by atoms with Gasteiger partial charge in [0.1, 0.15) is 35.4 Å². The molecule has 7 nitrogen and oxygen atoms in total. The van der Waals surface area contributed by atoms with Gasteiger partial charge in [-0.1, -0.05) is 32.4 Å². The van der Waals surface area contributed by atoms with Gasteiger partial charge >= 0.3 is 0 Å². The minimum atomic E-state index is -1.91. The molecule has 9 heteroatoms. The van der Waals surface area contributed by atoms with Gasteiger partial charge in [0, 0.05) is 6.20 Å². The molecule has 2 aliphatic rings. The van der Waals surface area contributed by atoms with Crippen LogP contribution in [-0.4, -0.2) is 53.6 Å². The molecule has 0 amide bonds. The van der Waals surface area contributed by atoms with E-state index >= 15 is 0 Å². The van der Waals surface area contributed by atoms with Crippen LogP contribution >= 0.6 is 11.6 Å². The van der Waals surface area contributed by atoms with E-state index in [1.165, 1.54) is 6.33 Å². The van der Waals surface area contributed by atoms with Gasteiger partial charge in [-0.3, -0.25) is 0 Å². The molecule has 0 saturated carbocycles. The van der Waals surface area contributed by atoms with Gasteiger partial charge in [0.15, 0.2) is 20.3 Å². The number of nitrogens with zero attached hydrogens (tertiary/aromatic N) is 3. The van der Waals surface area contributed by atoms with E-state index in [4.69, 9.17) is 30.2 Å². The Labute approximate surface area is 177 Å². The van der Waals surface area contributed by atoms with Gasteiger partial charge in [0.2, 0.25) is 0 Å². The van der Waals surface area contributed by atoms with E-state index in [-0.39, 0.29) is 29.6 Å². The number of hydrogen-bond donors (Lipinski definition) is 0. The Morgan fingerprint density at radius 3 is 2.59 bits per heavy atom. The lowest BCUT2D eigenvalue weighted by Gasteiger charge is -2.37. The highest BCUT2D eigenvalue weighted by molar-refractivity contribution is 6.74. The lowest BCUT2D eigenvalue weighted by atomic mass is 10.1. The fourth-order valence-corrected chi connectivity index (χ4v) is 4.87. The minimum absolute atomic E-state index is 0.126. The van der Waals surface area contributed by atoms with Crippen molar-refractivity contribution in [1.82, 2.24) is 14.5 Å². The molecule has 0 bridgehead atoms. The van der Waals surface area contributed by atoms with Crippen LogP contribution < -0.4 is 0 Å². The molecule has 2 saturated heterocycles. The third kappa shape index (κ3) is 3.75. The van der Waals surface area contributed by atoms with Crippen LogP contribution in [0.15, 0.2) is 18.6 Å². The van der Waals surface area contributed by atoms with E-state index in [9.17, 15) is 0 Å². The summed E-state index contributed by atoms with van der Waals surface area (Å²) in [6.07, 6.45) is 2.30. The van der Waals surface area contributed by atoms with Crippen molar-refractivity contribution in [2.45, 2.75) is 83.1 Å². The average Bonchev–Trinajstić information content (AvgIpc) is 3.24. The van der Waals surface area contributed by atoms with Crippen molar-refractivity contribution in [3.05, 3.63) is 23.7 Å². The summed E-state index contributed by atoms with van der Waals surface area (Å²) in [5.41, 5.74) is 0.716. The standard InChI is InChI=1S/C20H30ClN3O4Si/c1-19(2,3)29(6,7)25-10-13-14-15(28-20(4,5)27-14)18(26-13)24-9-8-12-16(21)22-11-23-17(12)24/h8-9,11,13-15,18H,10H2,1-7H3. The van der Waals surface area contributed by atoms with Gasteiger partial charge in [-0.25, -0.2) is 9.97 Å². The zero-order valence-corrected chi connectivity index (χ0v) is 19.9. The van der Waals surface area contributed by atoms with Gasteiger partial charge in [-0.15, -0.1) is 0 Å². The number of hydrogen-bond acceptors (Lipinski definition) is 6. The summed E-state index contributed by atoms with van der Waals surface area (Å²) >= 11 is 6.23. The second kappa shape index (κ2) is 7.00. The first-order valence-corrected chi connectivity index (χ1v) is 13.3. The molecular formula is C20H30ClN3O4Si. The first kappa shape index (κ1) is 21.2. The van der Waals surface area contributed by atoms with E-state index in [2.05, 4.69) is 43.8 Å². The molecule has 2 aliphatic heterocycles. The molecule has 0 radical (unpaired) electrons. The van der Waals surface area contributed by atoms with E-state index in [0.717, 1.165) is 5.39 Å². The van der Waals surface area contributed by atoms with Gasteiger partial charge < -0.3 is 23.2 Å². The van der Waals surface area contributed by atoms with E-state index in [1.54, 1.807) is 0 Å². The van der Waals surface area contributed by atoms with Crippen LogP contribution in [0.5, 0.6) is 0 Å². The summed E-state index contributed by atoms with van der Waals surface area (Å²) in [6, 6.07) is 1.90. The average molecular weight is 440 g/mol. The largest absolute Gasteiger partial charge is 0.414 e. The van der Waals surface area contributed by atoms with Crippen LogP contribution in [0.25, 0.3) is 11.0 Å². The lowest BCUT2D eigenvalue weighted by Crippen LogP contribution is -2.44. The first-order chi connectivity index (χ1) is 13.4. The van der Waals surface area contributed by atoms with E-state index < -0.39 is 14.1 Å². The Hall–Kier alpha value is -1.03. The first-order valence-electron chi connectivity index (χ1n) is 10.0.